The number of nitrogens with zero attached hydrogens (tertiary/aromatic N) is 2. The van der Waals surface area contributed by atoms with Crippen LogP contribution in [0.15, 0.2) is 40.5 Å². The maximum atomic E-state index is 12.0. The monoisotopic (exact) mass is 285 g/mol. The van der Waals surface area contributed by atoms with E-state index in [0.29, 0.717) is 6.54 Å². The van der Waals surface area contributed by atoms with E-state index in [0.717, 1.165) is 27.3 Å². The molecule has 1 aromatic carbocycles. The molecule has 1 N–H and O–H groups in total. The Hall–Kier alpha value is -2.14. The van der Waals surface area contributed by atoms with Crippen LogP contribution in [0.5, 0.6) is 0 Å². The minimum atomic E-state index is -0.0125. The molecule has 0 radical (unpaired) electrons. The van der Waals surface area contributed by atoms with Crippen LogP contribution in [0.4, 0.5) is 5.69 Å². The van der Waals surface area contributed by atoms with Gasteiger partial charge in [0.15, 0.2) is 0 Å². The Morgan fingerprint density at radius 2 is 2.15 bits per heavy atom. The van der Waals surface area contributed by atoms with Gasteiger partial charge in [-0.25, -0.2) is 4.98 Å². The fraction of sp³-hybridized carbons (Fsp3) is 0.200. The summed E-state index contributed by atoms with van der Waals surface area (Å²) in [6.45, 7) is 2.61. The van der Waals surface area contributed by atoms with E-state index in [1.54, 1.807) is 29.0 Å². The van der Waals surface area contributed by atoms with E-state index in [2.05, 4.69) is 10.3 Å². The Morgan fingerprint density at radius 1 is 1.35 bits per heavy atom. The Balaban J connectivity index is 1.99. The molecule has 0 aliphatic rings. The largest absolute Gasteiger partial charge is 0.378 e. The Labute approximate surface area is 120 Å². The van der Waals surface area contributed by atoms with Crippen molar-refractivity contribution in [3.63, 3.8) is 0 Å². The number of thiazole rings is 1. The van der Waals surface area contributed by atoms with Crippen molar-refractivity contribution in [3.05, 3.63) is 56.8 Å². The van der Waals surface area contributed by atoms with Crippen LogP contribution in [-0.2, 0) is 13.6 Å². The van der Waals surface area contributed by atoms with Gasteiger partial charge in [0, 0.05) is 35.3 Å². The zero-order valence-corrected chi connectivity index (χ0v) is 12.2. The van der Waals surface area contributed by atoms with Gasteiger partial charge in [-0.05, 0) is 13.0 Å². The summed E-state index contributed by atoms with van der Waals surface area (Å²) in [7, 11) is 1.79. The summed E-state index contributed by atoms with van der Waals surface area (Å²) in [4.78, 5) is 16.4. The smallest absolute Gasteiger partial charge is 0.252 e. The highest BCUT2D eigenvalue weighted by Crippen LogP contribution is 2.21. The number of hydrogen-bond acceptors (Lipinski definition) is 4. The van der Waals surface area contributed by atoms with Crippen molar-refractivity contribution in [3.8, 4) is 0 Å². The summed E-state index contributed by atoms with van der Waals surface area (Å²) < 4.78 is 1.66. The van der Waals surface area contributed by atoms with Crippen molar-refractivity contribution in [1.82, 2.24) is 9.55 Å². The van der Waals surface area contributed by atoms with Crippen LogP contribution in [0.25, 0.3) is 10.9 Å². The normalized spacial score (nSPS) is 10.9. The van der Waals surface area contributed by atoms with Crippen molar-refractivity contribution in [1.29, 1.82) is 0 Å². The highest BCUT2D eigenvalue weighted by Gasteiger charge is 2.06. The number of anilines is 1. The number of aromatic nitrogens is 2. The lowest BCUT2D eigenvalue weighted by atomic mass is 10.2. The molecule has 3 rings (SSSR count). The first-order valence-corrected chi connectivity index (χ1v) is 7.27. The van der Waals surface area contributed by atoms with Gasteiger partial charge in [-0.1, -0.05) is 18.2 Å². The molecular formula is C15H15N3OS. The van der Waals surface area contributed by atoms with E-state index in [9.17, 15) is 4.79 Å². The molecule has 0 amide bonds. The highest BCUT2D eigenvalue weighted by molar-refractivity contribution is 7.09. The van der Waals surface area contributed by atoms with Gasteiger partial charge in [-0.2, -0.15) is 0 Å². The molecule has 0 saturated heterocycles. The summed E-state index contributed by atoms with van der Waals surface area (Å²) in [5.74, 6) is 0. The predicted octanol–water partition coefficient (Wildman–Crippen LogP) is 2.92. The third-order valence-corrected chi connectivity index (χ3v) is 4.22. The first kappa shape index (κ1) is 12.9. The number of para-hydroxylation sites is 1. The predicted molar refractivity (Wildman–Crippen MR) is 83.4 cm³/mol. The molecule has 0 spiro atoms. The standard InChI is InChI=1S/C15H15N3OS/c1-10-9-20-14(17-10)8-16-12-7-15(19)18(2)13-6-4-3-5-11(12)13/h3-7,9,16H,8H2,1-2H3. The van der Waals surface area contributed by atoms with Crippen molar-refractivity contribution < 1.29 is 0 Å². The molecule has 0 aliphatic carbocycles. The van der Waals surface area contributed by atoms with Gasteiger partial charge in [0.1, 0.15) is 5.01 Å². The summed E-state index contributed by atoms with van der Waals surface area (Å²) in [6, 6.07) is 9.53. The molecule has 2 heterocycles. The SMILES string of the molecule is Cc1csc(CNc2cc(=O)n(C)c3ccccc23)n1. The van der Waals surface area contributed by atoms with Gasteiger partial charge < -0.3 is 9.88 Å². The van der Waals surface area contributed by atoms with E-state index in [4.69, 9.17) is 0 Å². The van der Waals surface area contributed by atoms with E-state index in [-0.39, 0.29) is 5.56 Å². The lowest BCUT2D eigenvalue weighted by molar-refractivity contribution is 0.905. The lowest BCUT2D eigenvalue weighted by Crippen LogP contribution is -2.17. The number of pyridine rings is 1. The molecule has 102 valence electrons. The minimum Gasteiger partial charge on any atom is -0.378 e. The van der Waals surface area contributed by atoms with Gasteiger partial charge in [-0.3, -0.25) is 4.79 Å². The first-order chi connectivity index (χ1) is 9.65. The van der Waals surface area contributed by atoms with Crippen LogP contribution in [0.1, 0.15) is 10.7 Å². The van der Waals surface area contributed by atoms with E-state index >= 15 is 0 Å². The summed E-state index contributed by atoms with van der Waals surface area (Å²) in [6.07, 6.45) is 0. The number of rotatable bonds is 3. The third kappa shape index (κ3) is 2.32. The maximum absolute atomic E-state index is 12.0. The summed E-state index contributed by atoms with van der Waals surface area (Å²) in [5.41, 5.74) is 2.80. The number of aryl methyl sites for hydroxylation is 2. The molecule has 5 heteroatoms. The van der Waals surface area contributed by atoms with Crippen LogP contribution >= 0.6 is 11.3 Å². The van der Waals surface area contributed by atoms with Gasteiger partial charge in [-0.15, -0.1) is 11.3 Å². The topological polar surface area (TPSA) is 46.9 Å². The van der Waals surface area contributed by atoms with Crippen LogP contribution in [-0.4, -0.2) is 9.55 Å². The second-order valence-electron chi connectivity index (χ2n) is 4.71. The molecule has 2 aromatic heterocycles. The summed E-state index contributed by atoms with van der Waals surface area (Å²) in [5, 5.41) is 7.41. The Bertz CT molecular complexity index is 819. The van der Waals surface area contributed by atoms with Gasteiger partial charge in [0.05, 0.1) is 12.1 Å². The molecule has 0 bridgehead atoms. The van der Waals surface area contributed by atoms with Crippen molar-refractivity contribution in [2.75, 3.05) is 5.32 Å². The lowest BCUT2D eigenvalue weighted by Gasteiger charge is -2.11. The highest BCUT2D eigenvalue weighted by atomic mass is 32.1. The number of hydrogen-bond donors (Lipinski definition) is 1. The minimum absolute atomic E-state index is 0.0125. The quantitative estimate of drug-likeness (QED) is 0.805. The van der Waals surface area contributed by atoms with Crippen LogP contribution in [0.2, 0.25) is 0 Å². The van der Waals surface area contributed by atoms with E-state index < -0.39 is 0 Å². The fourth-order valence-electron chi connectivity index (χ4n) is 2.21. The van der Waals surface area contributed by atoms with Gasteiger partial charge in [0.2, 0.25) is 0 Å². The molecule has 20 heavy (non-hydrogen) atoms. The molecular weight excluding hydrogens is 270 g/mol. The molecule has 0 atom stereocenters. The zero-order valence-electron chi connectivity index (χ0n) is 11.4. The van der Waals surface area contributed by atoms with Crippen molar-refractivity contribution in [2.24, 2.45) is 7.05 Å². The maximum Gasteiger partial charge on any atom is 0.252 e. The average molecular weight is 285 g/mol. The zero-order chi connectivity index (χ0) is 14.1. The Morgan fingerprint density at radius 3 is 2.90 bits per heavy atom. The number of nitrogens with one attached hydrogen (secondary N) is 1. The molecule has 0 unspecified atom stereocenters. The average Bonchev–Trinajstić information content (AvgIpc) is 2.87. The molecule has 0 fully saturated rings. The first-order valence-electron chi connectivity index (χ1n) is 6.39. The molecule has 4 nitrogen and oxygen atoms in total. The van der Waals surface area contributed by atoms with Gasteiger partial charge >= 0.3 is 0 Å². The second-order valence-corrected chi connectivity index (χ2v) is 5.65. The van der Waals surface area contributed by atoms with Crippen molar-refractivity contribution >= 4 is 27.9 Å². The van der Waals surface area contributed by atoms with Crippen LogP contribution in [0, 0.1) is 6.92 Å². The molecule has 0 aliphatic heterocycles. The summed E-state index contributed by atoms with van der Waals surface area (Å²) >= 11 is 1.62. The van der Waals surface area contributed by atoms with Crippen molar-refractivity contribution in [2.45, 2.75) is 13.5 Å². The number of benzene rings is 1. The fourth-order valence-corrected chi connectivity index (χ4v) is 2.92. The Kier molecular flexibility index (Phi) is 3.28. The van der Waals surface area contributed by atoms with Crippen LogP contribution in [0.3, 0.4) is 0 Å². The second kappa shape index (κ2) is 5.09. The van der Waals surface area contributed by atoms with Crippen LogP contribution < -0.4 is 10.9 Å². The molecule has 3 aromatic rings. The number of fused-ring (bicyclic) bond motifs is 1. The van der Waals surface area contributed by atoms with E-state index in [1.165, 1.54) is 0 Å². The van der Waals surface area contributed by atoms with Gasteiger partial charge in [0.25, 0.3) is 5.56 Å². The van der Waals surface area contributed by atoms with E-state index in [1.807, 2.05) is 36.6 Å². The third-order valence-electron chi connectivity index (χ3n) is 3.25. The molecule has 0 saturated carbocycles.